The predicted octanol–water partition coefficient (Wildman–Crippen LogP) is 3.17. The molecule has 0 aliphatic rings. The third-order valence-electron chi connectivity index (χ3n) is 5.49. The number of nitrogen functional groups attached to an aromatic ring is 1. The van der Waals surface area contributed by atoms with Gasteiger partial charge in [0.2, 0.25) is 5.95 Å². The van der Waals surface area contributed by atoms with E-state index in [2.05, 4.69) is 27.2 Å². The Labute approximate surface area is 205 Å². The van der Waals surface area contributed by atoms with E-state index in [4.69, 9.17) is 28.1 Å². The zero-order valence-corrected chi connectivity index (χ0v) is 19.8. The first-order chi connectivity index (χ1) is 16.8. The van der Waals surface area contributed by atoms with Crippen LogP contribution in [0.15, 0.2) is 47.8 Å². The fraction of sp³-hybridized carbons (Fsp3) is 0.125. The molecule has 0 radical (unpaired) electrons. The summed E-state index contributed by atoms with van der Waals surface area (Å²) in [6.45, 7) is 5.72. The van der Waals surface area contributed by atoms with Gasteiger partial charge in [0.05, 0.1) is 28.2 Å². The van der Waals surface area contributed by atoms with E-state index < -0.39 is 0 Å². The van der Waals surface area contributed by atoms with Crippen LogP contribution in [0.25, 0.3) is 22.3 Å². The summed E-state index contributed by atoms with van der Waals surface area (Å²) in [5.41, 5.74) is 14.5. The Balaban J connectivity index is 1.94. The van der Waals surface area contributed by atoms with Crippen molar-refractivity contribution in [2.45, 2.75) is 13.5 Å². The number of nitriles is 1. The van der Waals surface area contributed by atoms with Gasteiger partial charge in [-0.15, -0.1) is 0 Å². The molecular formula is C24H22ClN9O. The molecule has 11 heteroatoms. The van der Waals surface area contributed by atoms with Crippen LogP contribution in [0.2, 0.25) is 5.02 Å². The van der Waals surface area contributed by atoms with E-state index >= 15 is 0 Å². The van der Waals surface area contributed by atoms with E-state index in [-0.39, 0.29) is 40.6 Å². The van der Waals surface area contributed by atoms with E-state index in [1.54, 1.807) is 37.4 Å². The highest BCUT2D eigenvalue weighted by Gasteiger charge is 2.19. The highest BCUT2D eigenvalue weighted by Crippen LogP contribution is 2.25. The highest BCUT2D eigenvalue weighted by atomic mass is 35.5. The van der Waals surface area contributed by atoms with Crippen molar-refractivity contribution in [1.82, 2.24) is 19.5 Å². The average molecular weight is 488 g/mol. The largest absolute Gasteiger partial charge is 0.399 e. The van der Waals surface area contributed by atoms with Crippen molar-refractivity contribution in [1.29, 1.82) is 5.26 Å². The summed E-state index contributed by atoms with van der Waals surface area (Å²) >= 11 is 6.38. The smallest absolute Gasteiger partial charge is 0.267 e. The van der Waals surface area contributed by atoms with Gasteiger partial charge in [-0.1, -0.05) is 36.4 Å². The predicted molar refractivity (Wildman–Crippen MR) is 138 cm³/mol. The Hall–Kier alpha value is -4.62. The molecule has 176 valence electrons. The van der Waals surface area contributed by atoms with Crippen LogP contribution in [0, 0.1) is 18.3 Å². The number of aromatic nitrogens is 4. The average Bonchev–Trinajstić information content (AvgIpc) is 2.82. The van der Waals surface area contributed by atoms with E-state index in [1.807, 2.05) is 19.1 Å². The minimum Gasteiger partial charge on any atom is -0.399 e. The van der Waals surface area contributed by atoms with Crippen LogP contribution in [0.3, 0.4) is 0 Å². The van der Waals surface area contributed by atoms with Crippen molar-refractivity contribution >= 4 is 45.8 Å². The third-order valence-corrected chi connectivity index (χ3v) is 5.81. The van der Waals surface area contributed by atoms with Gasteiger partial charge in [0.25, 0.3) is 5.56 Å². The number of rotatable bonds is 6. The number of nitrogens with two attached hydrogens (primary N) is 2. The Morgan fingerprint density at radius 2 is 1.97 bits per heavy atom. The van der Waals surface area contributed by atoms with Gasteiger partial charge in [-0.25, -0.2) is 4.98 Å². The molecule has 35 heavy (non-hydrogen) atoms. The lowest BCUT2D eigenvalue weighted by Gasteiger charge is -2.18. The number of anilines is 3. The van der Waals surface area contributed by atoms with E-state index in [0.717, 1.165) is 5.56 Å². The number of nitrogens with one attached hydrogen (secondary N) is 2. The van der Waals surface area contributed by atoms with E-state index in [0.29, 0.717) is 33.3 Å². The summed E-state index contributed by atoms with van der Waals surface area (Å²) in [4.78, 5) is 26.8. The number of fused-ring (bicyclic) bond motifs is 1. The van der Waals surface area contributed by atoms with Crippen LogP contribution in [-0.4, -0.2) is 26.6 Å². The molecule has 0 aliphatic carbocycles. The lowest BCUT2D eigenvalue weighted by Crippen LogP contribution is -2.27. The Morgan fingerprint density at radius 3 is 2.66 bits per heavy atom. The fourth-order valence-electron chi connectivity index (χ4n) is 3.81. The molecule has 4 aromatic rings. The van der Waals surface area contributed by atoms with Gasteiger partial charge >= 0.3 is 0 Å². The molecule has 0 unspecified atom stereocenters. The number of halogens is 1. The maximum atomic E-state index is 13.7. The third kappa shape index (κ3) is 4.20. The van der Waals surface area contributed by atoms with Crippen molar-refractivity contribution in [3.63, 3.8) is 0 Å². The van der Waals surface area contributed by atoms with Crippen molar-refractivity contribution in [3.8, 4) is 11.8 Å². The fourth-order valence-corrected chi connectivity index (χ4v) is 4.06. The zero-order chi connectivity index (χ0) is 25.3. The molecule has 2 aromatic carbocycles. The number of hydrogen-bond donors (Lipinski definition) is 4. The molecule has 0 saturated carbocycles. The molecular weight excluding hydrogens is 466 g/mol. The van der Waals surface area contributed by atoms with Crippen LogP contribution >= 0.6 is 11.6 Å². The topological polar surface area (TPSA) is 161 Å². The SMILES string of the molecule is C=C(N)c1cccc(-n2c(CNc3nc(NC)nc(N)c3C#N)nc3cccc(Cl)c3c2=O)c1C. The summed E-state index contributed by atoms with van der Waals surface area (Å²) in [7, 11) is 1.64. The van der Waals surface area contributed by atoms with Crippen LogP contribution in [0.4, 0.5) is 17.6 Å². The van der Waals surface area contributed by atoms with E-state index in [1.165, 1.54) is 4.57 Å². The quantitative estimate of drug-likeness (QED) is 0.320. The molecule has 0 amide bonds. The molecule has 0 fully saturated rings. The standard InChI is InChI=1S/C24H22ClN9O/c1-12-14(13(2)27)6-4-9-18(12)34-19(31-17-8-5-7-16(25)20(17)23(34)35)11-30-22-15(10-26)21(28)32-24(29-3)33-22/h4-9H,2,11,27H2,1,3H3,(H4,28,29,30,32,33). The van der Waals surface area contributed by atoms with Gasteiger partial charge < -0.3 is 22.1 Å². The lowest BCUT2D eigenvalue weighted by molar-refractivity contribution is 0.831. The van der Waals surface area contributed by atoms with Gasteiger partial charge in [-0.05, 0) is 30.7 Å². The van der Waals surface area contributed by atoms with Gasteiger partial charge in [0.1, 0.15) is 23.3 Å². The summed E-state index contributed by atoms with van der Waals surface area (Å²) in [6, 6.07) is 12.5. The molecule has 0 atom stereocenters. The van der Waals surface area contributed by atoms with E-state index in [9.17, 15) is 10.1 Å². The molecule has 4 rings (SSSR count). The van der Waals surface area contributed by atoms with Crippen molar-refractivity contribution in [2.75, 3.05) is 23.4 Å². The molecule has 0 saturated heterocycles. The van der Waals surface area contributed by atoms with Gasteiger partial charge in [-0.3, -0.25) is 9.36 Å². The first-order valence-electron chi connectivity index (χ1n) is 10.5. The monoisotopic (exact) mass is 487 g/mol. The minimum atomic E-state index is -0.348. The number of hydrogen-bond acceptors (Lipinski definition) is 9. The second-order valence-corrected chi connectivity index (χ2v) is 8.06. The Kier molecular flexibility index (Phi) is 6.27. The molecule has 0 spiro atoms. The Morgan fingerprint density at radius 1 is 1.23 bits per heavy atom. The van der Waals surface area contributed by atoms with Crippen molar-refractivity contribution in [3.05, 3.63) is 80.9 Å². The minimum absolute atomic E-state index is 0.0231. The molecule has 2 heterocycles. The van der Waals surface area contributed by atoms with Crippen molar-refractivity contribution in [2.24, 2.45) is 5.73 Å². The van der Waals surface area contributed by atoms with Crippen LogP contribution < -0.4 is 27.7 Å². The maximum Gasteiger partial charge on any atom is 0.267 e. The molecule has 2 aromatic heterocycles. The van der Waals surface area contributed by atoms with Crippen molar-refractivity contribution < 1.29 is 0 Å². The van der Waals surface area contributed by atoms with Gasteiger partial charge in [0.15, 0.2) is 5.82 Å². The highest BCUT2D eigenvalue weighted by molar-refractivity contribution is 6.35. The second-order valence-electron chi connectivity index (χ2n) is 7.65. The first kappa shape index (κ1) is 23.5. The normalized spacial score (nSPS) is 10.7. The Bertz CT molecular complexity index is 1590. The second kappa shape index (κ2) is 9.32. The van der Waals surface area contributed by atoms with Crippen LogP contribution in [0.5, 0.6) is 0 Å². The van der Waals surface area contributed by atoms with Crippen LogP contribution in [-0.2, 0) is 6.54 Å². The summed E-state index contributed by atoms with van der Waals surface area (Å²) in [5, 5.41) is 16.0. The zero-order valence-electron chi connectivity index (χ0n) is 19.1. The summed E-state index contributed by atoms with van der Waals surface area (Å²) < 4.78 is 1.47. The van der Waals surface area contributed by atoms with Gasteiger partial charge in [-0.2, -0.15) is 15.2 Å². The summed E-state index contributed by atoms with van der Waals surface area (Å²) in [5.74, 6) is 0.830. The maximum absolute atomic E-state index is 13.7. The molecule has 6 N–H and O–H groups in total. The number of benzene rings is 2. The van der Waals surface area contributed by atoms with Crippen LogP contribution in [0.1, 0.15) is 22.5 Å². The lowest BCUT2D eigenvalue weighted by atomic mass is 10.0. The summed E-state index contributed by atoms with van der Waals surface area (Å²) in [6.07, 6.45) is 0. The first-order valence-corrected chi connectivity index (χ1v) is 10.9. The molecule has 10 nitrogen and oxygen atoms in total. The molecule has 0 bridgehead atoms. The van der Waals surface area contributed by atoms with Gasteiger partial charge in [0, 0.05) is 18.3 Å². The molecule has 0 aliphatic heterocycles. The number of nitrogens with zero attached hydrogens (tertiary/aromatic N) is 5.